The summed E-state index contributed by atoms with van der Waals surface area (Å²) in [6, 6.07) is 0. The highest BCUT2D eigenvalue weighted by molar-refractivity contribution is 7.47. The third-order valence-corrected chi connectivity index (χ3v) is 17.8. The van der Waals surface area contributed by atoms with E-state index in [-0.39, 0.29) is 25.7 Å². The summed E-state index contributed by atoms with van der Waals surface area (Å²) in [5.41, 5.74) is 0. The van der Waals surface area contributed by atoms with Gasteiger partial charge in [-0.2, -0.15) is 0 Å². The van der Waals surface area contributed by atoms with Crippen LogP contribution in [-0.4, -0.2) is 96.7 Å². The van der Waals surface area contributed by atoms with Crippen LogP contribution in [0, 0.1) is 0 Å². The number of esters is 4. The van der Waals surface area contributed by atoms with E-state index in [1.54, 1.807) is 0 Å². The molecule has 0 aromatic rings. The highest BCUT2D eigenvalue weighted by Crippen LogP contribution is 2.45. The van der Waals surface area contributed by atoms with Crippen LogP contribution in [0.1, 0.15) is 310 Å². The average molecular weight is 1450 g/mol. The molecule has 0 spiro atoms. The fourth-order valence-electron chi connectivity index (χ4n) is 10.1. The molecule has 0 fully saturated rings. The topological polar surface area (TPSA) is 237 Å². The maximum Gasteiger partial charge on any atom is 0.472 e. The van der Waals surface area contributed by atoms with E-state index in [4.69, 9.17) is 37.0 Å². The van der Waals surface area contributed by atoms with Crippen molar-refractivity contribution in [3.63, 3.8) is 0 Å². The smallest absolute Gasteiger partial charge is 0.462 e. The Morgan fingerprint density at radius 2 is 0.540 bits per heavy atom. The van der Waals surface area contributed by atoms with Crippen LogP contribution < -0.4 is 0 Å². The Kier molecular flexibility index (Phi) is 69.5. The van der Waals surface area contributed by atoms with Crippen molar-refractivity contribution in [3.05, 3.63) is 122 Å². The minimum Gasteiger partial charge on any atom is -0.462 e. The van der Waals surface area contributed by atoms with E-state index < -0.39 is 97.5 Å². The van der Waals surface area contributed by atoms with Crippen molar-refractivity contribution >= 4 is 39.5 Å². The monoisotopic (exact) mass is 1440 g/mol. The molecule has 100 heavy (non-hydrogen) atoms. The Hall–Kier alpha value is -4.54. The van der Waals surface area contributed by atoms with Gasteiger partial charge in [-0.1, -0.05) is 284 Å². The van der Waals surface area contributed by atoms with Gasteiger partial charge in [-0.25, -0.2) is 9.13 Å². The Morgan fingerprint density at radius 3 is 0.880 bits per heavy atom. The van der Waals surface area contributed by atoms with Crippen molar-refractivity contribution in [2.24, 2.45) is 0 Å². The summed E-state index contributed by atoms with van der Waals surface area (Å²) in [6.45, 7) is 4.52. The zero-order valence-corrected chi connectivity index (χ0v) is 64.4. The van der Waals surface area contributed by atoms with Crippen molar-refractivity contribution in [2.75, 3.05) is 39.6 Å². The molecule has 0 heterocycles. The number of hydrogen-bond donors (Lipinski definition) is 3. The highest BCUT2D eigenvalue weighted by Gasteiger charge is 2.30. The van der Waals surface area contributed by atoms with E-state index in [1.165, 1.54) is 77.0 Å². The van der Waals surface area contributed by atoms with Gasteiger partial charge in [0.1, 0.15) is 19.3 Å². The fourth-order valence-corrected chi connectivity index (χ4v) is 11.6. The normalized spacial score (nSPS) is 14.6. The summed E-state index contributed by atoms with van der Waals surface area (Å²) in [6.07, 6.45) is 79.1. The van der Waals surface area contributed by atoms with Crippen LogP contribution in [0.5, 0.6) is 0 Å². The third kappa shape index (κ3) is 71.8. The quantitative estimate of drug-likeness (QED) is 0.0169. The van der Waals surface area contributed by atoms with Crippen LogP contribution in [-0.2, 0) is 65.4 Å². The number of aliphatic hydroxyl groups is 1. The lowest BCUT2D eigenvalue weighted by molar-refractivity contribution is -0.161. The number of carbonyl (C=O) groups is 4. The molecule has 0 aliphatic heterocycles. The summed E-state index contributed by atoms with van der Waals surface area (Å²) in [7, 11) is -9.97. The second-order valence-electron chi connectivity index (χ2n) is 25.5. The zero-order valence-electron chi connectivity index (χ0n) is 62.6. The molecule has 17 nitrogen and oxygen atoms in total. The molecular weight excluding hydrogens is 1310 g/mol. The minimum absolute atomic E-state index is 0.0701. The fraction of sp³-hybridized carbons (Fsp3) is 0.704. The van der Waals surface area contributed by atoms with Crippen LogP contribution in [0.3, 0.4) is 0 Å². The number of phosphoric acid groups is 2. The van der Waals surface area contributed by atoms with Gasteiger partial charge in [-0.05, 0) is 122 Å². The van der Waals surface area contributed by atoms with Crippen molar-refractivity contribution < 1.29 is 80.2 Å². The van der Waals surface area contributed by atoms with Crippen LogP contribution >= 0.6 is 15.6 Å². The van der Waals surface area contributed by atoms with Crippen molar-refractivity contribution in [2.45, 2.75) is 329 Å². The number of unbranched alkanes of at least 4 members (excludes halogenated alkanes) is 26. The molecule has 0 radical (unpaired) electrons. The Morgan fingerprint density at radius 1 is 0.290 bits per heavy atom. The first-order chi connectivity index (χ1) is 48.7. The number of aliphatic hydroxyl groups excluding tert-OH is 1. The molecule has 574 valence electrons. The molecular formula is C81H138O17P2. The predicted octanol–water partition coefficient (Wildman–Crippen LogP) is 22.3. The number of rotatable bonds is 72. The molecule has 0 saturated carbocycles. The largest absolute Gasteiger partial charge is 0.472 e. The van der Waals surface area contributed by atoms with Gasteiger partial charge in [0.25, 0.3) is 0 Å². The molecule has 5 unspecified atom stereocenters. The van der Waals surface area contributed by atoms with Crippen LogP contribution in [0.2, 0.25) is 0 Å². The molecule has 0 aromatic carbocycles. The van der Waals surface area contributed by atoms with Crippen LogP contribution in [0.15, 0.2) is 122 Å². The maximum absolute atomic E-state index is 13.1. The van der Waals surface area contributed by atoms with Crippen molar-refractivity contribution in [3.8, 4) is 0 Å². The van der Waals surface area contributed by atoms with E-state index >= 15 is 0 Å². The molecule has 3 N–H and O–H groups in total. The lowest BCUT2D eigenvalue weighted by Crippen LogP contribution is -2.30. The first-order valence-electron chi connectivity index (χ1n) is 38.8. The highest BCUT2D eigenvalue weighted by atomic mass is 31.2. The molecule has 0 aliphatic carbocycles. The molecule has 0 aliphatic rings. The van der Waals surface area contributed by atoms with Crippen LogP contribution in [0.25, 0.3) is 0 Å². The van der Waals surface area contributed by atoms with Crippen molar-refractivity contribution in [1.29, 1.82) is 0 Å². The Bertz CT molecular complexity index is 2370. The van der Waals surface area contributed by atoms with E-state index in [1.807, 2.05) is 12.2 Å². The van der Waals surface area contributed by atoms with Crippen LogP contribution in [0.4, 0.5) is 0 Å². The minimum atomic E-state index is -4.99. The number of allylic oxidation sites excluding steroid dienone is 20. The summed E-state index contributed by atoms with van der Waals surface area (Å²) >= 11 is 0. The number of hydrogen-bond acceptors (Lipinski definition) is 15. The molecule has 5 atom stereocenters. The summed E-state index contributed by atoms with van der Waals surface area (Å²) in [4.78, 5) is 72.8. The van der Waals surface area contributed by atoms with Gasteiger partial charge < -0.3 is 33.8 Å². The van der Waals surface area contributed by atoms with E-state index in [0.717, 1.165) is 148 Å². The van der Waals surface area contributed by atoms with Gasteiger partial charge in [-0.3, -0.25) is 37.3 Å². The number of ether oxygens (including phenoxy) is 4. The second kappa shape index (κ2) is 72.8. The maximum atomic E-state index is 13.1. The first kappa shape index (κ1) is 95.5. The van der Waals surface area contributed by atoms with Gasteiger partial charge in [0.05, 0.1) is 26.4 Å². The van der Waals surface area contributed by atoms with E-state index in [2.05, 4.69) is 137 Å². The van der Waals surface area contributed by atoms with E-state index in [9.17, 15) is 43.2 Å². The molecule has 0 amide bonds. The molecule has 0 bridgehead atoms. The molecule has 0 rings (SSSR count). The lowest BCUT2D eigenvalue weighted by atomic mass is 10.0. The molecule has 19 heteroatoms. The molecule has 0 saturated heterocycles. The standard InChI is InChI=1S/C81H138O17P2/c1-5-9-13-17-21-25-29-32-35-37-40-42-46-49-53-57-61-65-78(83)91-71-76(97-80(85)67-63-59-55-51-45-28-24-20-16-12-8-4)73-95-99(87,88)93-69-75(82)70-94-100(89,90)96-74-77(98-81(86)68-64-60-56-52-48-44-39-34-31-27-23-19-15-11-7-3)72-92-79(84)66-62-58-54-50-47-43-41-38-36-33-30-26-22-18-14-10-6-2/h9-10,13-14,20-22,24-26,32-33,35-36,40-43,49,53,75-77,82H,5-8,11-12,15-19,23,27-31,34,37-39,44-48,50-52,54-74H2,1-4H3,(H,87,88)(H,89,90)/b13-9-,14-10-,24-20-,25-21-,26-22-,35-32-,36-33-,42-40-,43-41-,53-49-. The SMILES string of the molecule is CC/C=C\C/C=C\C/C=C\C/C=C\C/C=C\CCCC(=O)OCC(COP(=O)(O)OCC(O)COP(=O)(O)OCC(COC(=O)CCCCCC/C=C\C/C=C\C/C=C\C/C=C\CC)OC(=O)CCCCCCCCCCCCCCCCC)OC(=O)CCCCCCC/C=C\CCCC. The first-order valence-corrected chi connectivity index (χ1v) is 41.8. The number of phosphoric ester groups is 2. The van der Waals surface area contributed by atoms with Gasteiger partial charge in [0.15, 0.2) is 12.2 Å². The summed E-state index contributed by atoms with van der Waals surface area (Å²) in [5.74, 6) is -2.27. The predicted molar refractivity (Wildman–Crippen MR) is 408 cm³/mol. The Labute approximate surface area is 606 Å². The second-order valence-corrected chi connectivity index (χ2v) is 28.4. The van der Waals surface area contributed by atoms with Gasteiger partial charge in [0, 0.05) is 25.7 Å². The summed E-state index contributed by atoms with van der Waals surface area (Å²) < 4.78 is 68.4. The zero-order chi connectivity index (χ0) is 73.2. The molecule has 0 aromatic heterocycles. The van der Waals surface area contributed by atoms with Gasteiger partial charge in [-0.15, -0.1) is 0 Å². The number of carbonyl (C=O) groups excluding carboxylic acids is 4. The van der Waals surface area contributed by atoms with Gasteiger partial charge in [0.2, 0.25) is 0 Å². The lowest BCUT2D eigenvalue weighted by Gasteiger charge is -2.21. The summed E-state index contributed by atoms with van der Waals surface area (Å²) in [5, 5.41) is 10.6. The Balaban J connectivity index is 5.39. The average Bonchev–Trinajstić information content (AvgIpc) is 0.989. The van der Waals surface area contributed by atoms with E-state index in [0.29, 0.717) is 32.1 Å². The third-order valence-electron chi connectivity index (χ3n) is 15.9. The van der Waals surface area contributed by atoms with Crippen molar-refractivity contribution in [1.82, 2.24) is 0 Å². The van der Waals surface area contributed by atoms with Gasteiger partial charge >= 0.3 is 39.5 Å².